The van der Waals surface area contributed by atoms with E-state index in [4.69, 9.17) is 15.2 Å². The smallest absolute Gasteiger partial charge is 0.259 e. The van der Waals surface area contributed by atoms with Crippen molar-refractivity contribution in [3.63, 3.8) is 0 Å². The molecule has 1 fully saturated rings. The number of nitrogen functional groups attached to an aromatic ring is 1. The SMILES string of the molecule is Nc1ccc2c3c(n(CCCN4CCCC4)c(=O)c2c1)-c1cc2c(cc1C3=O)OCO2. The van der Waals surface area contributed by atoms with Gasteiger partial charge in [-0.2, -0.15) is 0 Å². The molecule has 1 saturated heterocycles. The number of ether oxygens (including phenoxy) is 2. The van der Waals surface area contributed by atoms with Gasteiger partial charge in [-0.3, -0.25) is 9.59 Å². The maximum Gasteiger partial charge on any atom is 0.259 e. The lowest BCUT2D eigenvalue weighted by Crippen LogP contribution is -2.27. The molecule has 0 bridgehead atoms. The third-order valence-electron chi connectivity index (χ3n) is 6.59. The third-order valence-corrected chi connectivity index (χ3v) is 6.59. The van der Waals surface area contributed by atoms with Crippen molar-refractivity contribution in [2.24, 2.45) is 0 Å². The van der Waals surface area contributed by atoms with Crippen molar-refractivity contribution >= 4 is 22.2 Å². The van der Waals surface area contributed by atoms with E-state index >= 15 is 0 Å². The Morgan fingerprint density at radius 1 is 0.903 bits per heavy atom. The first kappa shape index (κ1) is 18.4. The van der Waals surface area contributed by atoms with Crippen LogP contribution in [0.3, 0.4) is 0 Å². The summed E-state index contributed by atoms with van der Waals surface area (Å²) in [6.45, 7) is 3.86. The molecule has 0 unspecified atom stereocenters. The van der Waals surface area contributed by atoms with Gasteiger partial charge in [-0.05, 0) is 63.2 Å². The van der Waals surface area contributed by atoms with E-state index in [9.17, 15) is 9.59 Å². The van der Waals surface area contributed by atoms with Crippen molar-refractivity contribution in [1.82, 2.24) is 9.47 Å². The normalized spacial score (nSPS) is 16.8. The molecule has 2 aliphatic heterocycles. The van der Waals surface area contributed by atoms with Crippen molar-refractivity contribution in [1.29, 1.82) is 0 Å². The first-order valence-corrected chi connectivity index (χ1v) is 10.8. The average Bonchev–Trinajstić information content (AvgIpc) is 3.50. The molecular formula is C24H23N3O4. The molecule has 7 heteroatoms. The Kier molecular flexibility index (Phi) is 4.08. The van der Waals surface area contributed by atoms with E-state index in [1.165, 1.54) is 12.8 Å². The van der Waals surface area contributed by atoms with Gasteiger partial charge in [-0.1, -0.05) is 6.07 Å². The minimum absolute atomic E-state index is 0.0913. The molecule has 3 heterocycles. The van der Waals surface area contributed by atoms with Gasteiger partial charge in [0.05, 0.1) is 11.3 Å². The number of hydrogen-bond donors (Lipinski definition) is 1. The van der Waals surface area contributed by atoms with Crippen molar-refractivity contribution in [3.05, 3.63) is 51.8 Å². The topological polar surface area (TPSA) is 86.8 Å². The number of nitrogens with two attached hydrogens (primary N) is 1. The van der Waals surface area contributed by atoms with Gasteiger partial charge in [0.1, 0.15) is 0 Å². The van der Waals surface area contributed by atoms with Gasteiger partial charge in [0, 0.05) is 34.1 Å². The second-order valence-electron chi connectivity index (χ2n) is 8.47. The van der Waals surface area contributed by atoms with Gasteiger partial charge in [-0.25, -0.2) is 0 Å². The minimum atomic E-state index is -0.110. The summed E-state index contributed by atoms with van der Waals surface area (Å²) < 4.78 is 12.8. The number of hydrogen-bond acceptors (Lipinski definition) is 6. The van der Waals surface area contributed by atoms with E-state index in [0.29, 0.717) is 51.3 Å². The number of benzene rings is 2. The molecule has 0 amide bonds. The lowest BCUT2D eigenvalue weighted by Gasteiger charge is -2.18. The predicted octanol–water partition coefficient (Wildman–Crippen LogP) is 3.01. The van der Waals surface area contributed by atoms with E-state index in [-0.39, 0.29) is 18.1 Å². The number of ketones is 1. The molecule has 2 N–H and O–H groups in total. The Bertz CT molecular complexity index is 1300. The van der Waals surface area contributed by atoms with Crippen LogP contribution in [0, 0.1) is 0 Å². The Labute approximate surface area is 179 Å². The highest BCUT2D eigenvalue weighted by Crippen LogP contribution is 2.45. The molecule has 2 aromatic carbocycles. The van der Waals surface area contributed by atoms with Crippen LogP contribution >= 0.6 is 0 Å². The maximum absolute atomic E-state index is 13.5. The largest absolute Gasteiger partial charge is 0.454 e. The van der Waals surface area contributed by atoms with Crippen LogP contribution in [0.2, 0.25) is 0 Å². The van der Waals surface area contributed by atoms with Gasteiger partial charge in [0.25, 0.3) is 5.56 Å². The molecule has 31 heavy (non-hydrogen) atoms. The van der Waals surface area contributed by atoms with Crippen LogP contribution < -0.4 is 20.8 Å². The highest BCUT2D eigenvalue weighted by atomic mass is 16.7. The number of carbonyl (C=O) groups is 1. The van der Waals surface area contributed by atoms with Crippen LogP contribution in [0.15, 0.2) is 35.1 Å². The van der Waals surface area contributed by atoms with Crippen LogP contribution in [0.1, 0.15) is 35.2 Å². The number of fused-ring (bicyclic) bond motifs is 6. The zero-order chi connectivity index (χ0) is 21.1. The lowest BCUT2D eigenvalue weighted by molar-refractivity contribution is 0.104. The highest BCUT2D eigenvalue weighted by molar-refractivity contribution is 6.27. The predicted molar refractivity (Wildman–Crippen MR) is 118 cm³/mol. The Morgan fingerprint density at radius 2 is 1.65 bits per heavy atom. The molecule has 1 aromatic heterocycles. The summed E-state index contributed by atoms with van der Waals surface area (Å²) in [5.74, 6) is 1.08. The molecular weight excluding hydrogens is 394 g/mol. The second kappa shape index (κ2) is 6.85. The zero-order valence-electron chi connectivity index (χ0n) is 17.1. The van der Waals surface area contributed by atoms with Crippen LogP contribution in [0.4, 0.5) is 5.69 Å². The number of rotatable bonds is 4. The quantitative estimate of drug-likeness (QED) is 0.514. The van der Waals surface area contributed by atoms with Gasteiger partial charge >= 0.3 is 0 Å². The van der Waals surface area contributed by atoms with Crippen molar-refractivity contribution in [3.8, 4) is 22.8 Å². The summed E-state index contributed by atoms with van der Waals surface area (Å²) in [5.41, 5.74) is 8.92. The summed E-state index contributed by atoms with van der Waals surface area (Å²) in [5, 5.41) is 1.13. The van der Waals surface area contributed by atoms with Crippen LogP contribution in [-0.4, -0.2) is 41.7 Å². The summed E-state index contributed by atoms with van der Waals surface area (Å²) in [7, 11) is 0. The monoisotopic (exact) mass is 417 g/mol. The lowest BCUT2D eigenvalue weighted by atomic mass is 10.0. The Morgan fingerprint density at radius 3 is 2.42 bits per heavy atom. The summed E-state index contributed by atoms with van der Waals surface area (Å²) in [6.07, 6.45) is 3.31. The van der Waals surface area contributed by atoms with Gasteiger partial charge in [0.2, 0.25) is 6.79 Å². The first-order valence-electron chi connectivity index (χ1n) is 10.8. The summed E-state index contributed by atoms with van der Waals surface area (Å²) in [4.78, 5) is 29.5. The third kappa shape index (κ3) is 2.76. The number of nitrogens with zero attached hydrogens (tertiary/aromatic N) is 2. The molecule has 0 atom stereocenters. The fourth-order valence-electron chi connectivity index (χ4n) is 5.11. The van der Waals surface area contributed by atoms with Crippen molar-refractivity contribution < 1.29 is 14.3 Å². The summed E-state index contributed by atoms with van der Waals surface area (Å²) in [6, 6.07) is 8.77. The molecule has 0 saturated carbocycles. The van der Waals surface area contributed by atoms with Crippen LogP contribution in [0.5, 0.6) is 11.5 Å². The number of likely N-dealkylation sites (tertiary alicyclic amines) is 1. The van der Waals surface area contributed by atoms with Crippen LogP contribution in [0.25, 0.3) is 22.0 Å². The van der Waals surface area contributed by atoms with E-state index in [1.807, 2.05) is 6.07 Å². The molecule has 6 rings (SSSR count). The fraction of sp³-hybridized carbons (Fsp3) is 0.333. The van der Waals surface area contributed by atoms with E-state index in [1.54, 1.807) is 28.8 Å². The van der Waals surface area contributed by atoms with E-state index in [2.05, 4.69) is 4.90 Å². The molecule has 3 aromatic rings. The van der Waals surface area contributed by atoms with Crippen molar-refractivity contribution in [2.75, 3.05) is 32.2 Å². The molecule has 0 radical (unpaired) electrons. The number of pyridine rings is 1. The van der Waals surface area contributed by atoms with Gasteiger partial charge in [-0.15, -0.1) is 0 Å². The number of carbonyl (C=O) groups excluding carboxylic acids is 1. The first-order chi connectivity index (χ1) is 15.1. The Balaban J connectivity index is 1.54. The molecule has 3 aliphatic rings. The Hall–Kier alpha value is -3.32. The van der Waals surface area contributed by atoms with E-state index in [0.717, 1.165) is 31.6 Å². The van der Waals surface area contributed by atoms with Gasteiger partial charge < -0.3 is 24.7 Å². The molecule has 1 aliphatic carbocycles. The molecule has 0 spiro atoms. The second-order valence-corrected chi connectivity index (χ2v) is 8.47. The van der Waals surface area contributed by atoms with Crippen LogP contribution in [-0.2, 0) is 6.54 Å². The standard InChI is InChI=1S/C24H23N3O4/c25-14-4-5-15-18(10-14)24(29)27(9-3-8-26-6-1-2-7-26)22-16-11-19-20(31-13-30-19)12-17(16)23(28)21(15)22/h4-5,10-12H,1-3,6-9,13,25H2. The maximum atomic E-state index is 13.5. The van der Waals surface area contributed by atoms with Crippen molar-refractivity contribution in [2.45, 2.75) is 25.8 Å². The highest BCUT2D eigenvalue weighted by Gasteiger charge is 2.35. The van der Waals surface area contributed by atoms with Gasteiger partial charge in [0.15, 0.2) is 17.3 Å². The molecule has 7 nitrogen and oxygen atoms in total. The summed E-state index contributed by atoms with van der Waals surface area (Å²) >= 11 is 0. The average molecular weight is 417 g/mol. The minimum Gasteiger partial charge on any atom is -0.454 e. The zero-order valence-corrected chi connectivity index (χ0v) is 17.1. The fourth-order valence-corrected chi connectivity index (χ4v) is 5.11. The number of anilines is 1. The molecule has 158 valence electrons. The number of aromatic nitrogens is 1. The van der Waals surface area contributed by atoms with E-state index < -0.39 is 0 Å².